The van der Waals surface area contributed by atoms with Gasteiger partial charge in [0.2, 0.25) is 11.8 Å². The highest BCUT2D eigenvalue weighted by Crippen LogP contribution is 2.29. The summed E-state index contributed by atoms with van der Waals surface area (Å²) in [7, 11) is 0. The maximum atomic E-state index is 12.6. The molecule has 0 aromatic heterocycles. The topological polar surface area (TPSA) is 145 Å². The number of aldehydes is 1. The van der Waals surface area contributed by atoms with Crippen LogP contribution in [0.15, 0.2) is 24.3 Å². The Morgan fingerprint density at radius 3 is 2.07 bits per heavy atom. The van der Waals surface area contributed by atoms with Gasteiger partial charge in [0.25, 0.3) is 0 Å². The third-order valence-corrected chi connectivity index (χ3v) is 3.89. The van der Waals surface area contributed by atoms with Crippen molar-refractivity contribution in [1.29, 1.82) is 0 Å². The molecular weight excluding hydrogens is 379 g/mol. The van der Waals surface area contributed by atoms with E-state index in [0.29, 0.717) is 11.8 Å². The van der Waals surface area contributed by atoms with Gasteiger partial charge >= 0.3 is 6.18 Å². The van der Waals surface area contributed by atoms with Gasteiger partial charge < -0.3 is 32.2 Å². The average Bonchev–Trinajstić information content (AvgIpc) is 2.65. The summed E-state index contributed by atoms with van der Waals surface area (Å²) in [5, 5.41) is 2.32. The number of carbonyl (C=O) groups excluding carboxylic acids is 3. The van der Waals surface area contributed by atoms with E-state index in [-0.39, 0.29) is 32.6 Å². The van der Waals surface area contributed by atoms with E-state index in [1.54, 1.807) is 0 Å². The van der Waals surface area contributed by atoms with Gasteiger partial charge in [-0.15, -0.1) is 0 Å². The molecule has 2 atom stereocenters. The summed E-state index contributed by atoms with van der Waals surface area (Å²) in [5.41, 5.74) is 16.1. The number of rotatable bonds is 10. The maximum absolute atomic E-state index is 12.6. The molecule has 2 unspecified atom stereocenters. The number of nitrogens with zero attached hydrogens (tertiary/aromatic N) is 1. The predicted molar refractivity (Wildman–Crippen MR) is 95.8 cm³/mol. The van der Waals surface area contributed by atoms with Gasteiger partial charge in [-0.2, -0.15) is 13.2 Å². The molecule has 156 valence electrons. The lowest BCUT2D eigenvalue weighted by molar-refractivity contribution is -0.139. The van der Waals surface area contributed by atoms with Gasteiger partial charge in [0, 0.05) is 26.2 Å². The minimum atomic E-state index is -4.47. The van der Waals surface area contributed by atoms with Crippen LogP contribution in [0, 0.1) is 0 Å². The van der Waals surface area contributed by atoms with Crippen LogP contribution in [0.1, 0.15) is 11.1 Å². The summed E-state index contributed by atoms with van der Waals surface area (Å²) in [4.78, 5) is 36.9. The monoisotopic (exact) mass is 403 g/mol. The molecule has 1 aromatic rings. The van der Waals surface area contributed by atoms with Gasteiger partial charge in [-0.05, 0) is 24.1 Å². The Morgan fingerprint density at radius 2 is 1.64 bits per heavy atom. The zero-order chi connectivity index (χ0) is 21.3. The third-order valence-electron chi connectivity index (χ3n) is 3.89. The van der Waals surface area contributed by atoms with Crippen LogP contribution in [-0.4, -0.2) is 61.3 Å². The largest absolute Gasteiger partial charge is 0.416 e. The maximum Gasteiger partial charge on any atom is 0.416 e. The normalized spacial score (nSPS) is 13.5. The number of benzene rings is 1. The highest BCUT2D eigenvalue weighted by Gasteiger charge is 2.30. The van der Waals surface area contributed by atoms with Crippen LogP contribution in [0.5, 0.6) is 0 Å². The van der Waals surface area contributed by atoms with E-state index in [4.69, 9.17) is 17.2 Å². The van der Waals surface area contributed by atoms with E-state index < -0.39 is 35.6 Å². The van der Waals surface area contributed by atoms with E-state index in [1.807, 2.05) is 0 Å². The predicted octanol–water partition coefficient (Wildman–Crippen LogP) is -0.995. The number of hydrogen-bond acceptors (Lipinski definition) is 6. The second kappa shape index (κ2) is 10.7. The number of halogens is 3. The van der Waals surface area contributed by atoms with Crippen LogP contribution in [0.25, 0.3) is 0 Å². The molecule has 11 heteroatoms. The van der Waals surface area contributed by atoms with Crippen molar-refractivity contribution in [3.05, 3.63) is 35.4 Å². The SMILES string of the molecule is NCCN(CCN)C(=O)C(N)C(=O)NC(C=O)Cc1ccc(C(F)(F)F)cc1. The van der Waals surface area contributed by atoms with Crippen molar-refractivity contribution in [2.45, 2.75) is 24.7 Å². The molecule has 0 saturated carbocycles. The summed E-state index contributed by atoms with van der Waals surface area (Å²) in [6.45, 7) is 0.648. The molecule has 8 nitrogen and oxygen atoms in total. The molecular formula is C17H24F3N5O3. The molecule has 0 aliphatic carbocycles. The van der Waals surface area contributed by atoms with Crippen molar-refractivity contribution in [2.75, 3.05) is 26.2 Å². The Labute approximate surface area is 160 Å². The second-order valence-corrected chi connectivity index (χ2v) is 6.03. The van der Waals surface area contributed by atoms with Crippen LogP contribution in [-0.2, 0) is 27.0 Å². The molecule has 28 heavy (non-hydrogen) atoms. The minimum absolute atomic E-state index is 0.0520. The molecule has 0 spiro atoms. The van der Waals surface area contributed by atoms with Crippen molar-refractivity contribution in [2.24, 2.45) is 17.2 Å². The number of alkyl halides is 3. The number of amides is 2. The lowest BCUT2D eigenvalue weighted by Gasteiger charge is -2.25. The Kier molecular flexibility index (Phi) is 9.03. The molecule has 0 radical (unpaired) electrons. The van der Waals surface area contributed by atoms with Gasteiger partial charge in [0.1, 0.15) is 6.29 Å². The summed E-state index contributed by atoms with van der Waals surface area (Å²) in [6, 6.07) is 1.56. The Hall–Kier alpha value is -2.50. The first-order chi connectivity index (χ1) is 13.1. The molecule has 0 bridgehead atoms. The van der Waals surface area contributed by atoms with E-state index in [1.165, 1.54) is 17.0 Å². The van der Waals surface area contributed by atoms with Crippen molar-refractivity contribution >= 4 is 18.1 Å². The first-order valence-electron chi connectivity index (χ1n) is 8.50. The molecule has 1 rings (SSSR count). The molecule has 2 amide bonds. The summed E-state index contributed by atoms with van der Waals surface area (Å²) in [5.74, 6) is -1.57. The average molecular weight is 403 g/mol. The smallest absolute Gasteiger partial charge is 0.344 e. The second-order valence-electron chi connectivity index (χ2n) is 6.03. The zero-order valence-electron chi connectivity index (χ0n) is 15.1. The number of hydrogen-bond donors (Lipinski definition) is 4. The van der Waals surface area contributed by atoms with Crippen molar-refractivity contribution < 1.29 is 27.6 Å². The zero-order valence-corrected chi connectivity index (χ0v) is 15.1. The van der Waals surface area contributed by atoms with Crippen LogP contribution in [0.2, 0.25) is 0 Å². The van der Waals surface area contributed by atoms with Gasteiger partial charge in [0.15, 0.2) is 6.04 Å². The lowest BCUT2D eigenvalue weighted by Crippen LogP contribution is -2.56. The first kappa shape index (κ1) is 23.5. The van der Waals surface area contributed by atoms with E-state index >= 15 is 0 Å². The van der Waals surface area contributed by atoms with E-state index in [2.05, 4.69) is 5.32 Å². The molecule has 0 saturated heterocycles. The fourth-order valence-corrected chi connectivity index (χ4v) is 2.44. The minimum Gasteiger partial charge on any atom is -0.344 e. The number of carbonyl (C=O) groups is 3. The van der Waals surface area contributed by atoms with Crippen LogP contribution in [0.3, 0.4) is 0 Å². The third kappa shape index (κ3) is 6.91. The molecule has 0 heterocycles. The molecule has 7 N–H and O–H groups in total. The Morgan fingerprint density at radius 1 is 1.11 bits per heavy atom. The Bertz CT molecular complexity index is 661. The van der Waals surface area contributed by atoms with Gasteiger partial charge in [-0.25, -0.2) is 0 Å². The van der Waals surface area contributed by atoms with Gasteiger partial charge in [-0.3, -0.25) is 9.59 Å². The fraction of sp³-hybridized carbons (Fsp3) is 0.471. The van der Waals surface area contributed by atoms with Crippen molar-refractivity contribution in [3.8, 4) is 0 Å². The van der Waals surface area contributed by atoms with Crippen molar-refractivity contribution in [3.63, 3.8) is 0 Å². The Balaban J connectivity index is 2.74. The van der Waals surface area contributed by atoms with E-state index in [9.17, 15) is 27.6 Å². The summed E-state index contributed by atoms with van der Waals surface area (Å²) >= 11 is 0. The standard InChI is InChI=1S/C17H24F3N5O3/c18-17(19,20)12-3-1-11(2-4-12)9-13(10-26)24-15(27)14(23)16(28)25(7-5-21)8-6-22/h1-4,10,13-14H,5-9,21-23H2,(H,24,27). The highest BCUT2D eigenvalue weighted by molar-refractivity contribution is 6.04. The first-order valence-corrected chi connectivity index (χ1v) is 8.50. The van der Waals surface area contributed by atoms with Gasteiger partial charge in [-0.1, -0.05) is 12.1 Å². The van der Waals surface area contributed by atoms with Crippen LogP contribution < -0.4 is 22.5 Å². The molecule has 0 aliphatic heterocycles. The summed E-state index contributed by atoms with van der Waals surface area (Å²) < 4.78 is 37.7. The molecule has 0 fully saturated rings. The molecule has 1 aromatic carbocycles. The highest BCUT2D eigenvalue weighted by atomic mass is 19.4. The van der Waals surface area contributed by atoms with Crippen LogP contribution >= 0.6 is 0 Å². The quantitative estimate of drug-likeness (QED) is 0.291. The number of nitrogens with two attached hydrogens (primary N) is 3. The van der Waals surface area contributed by atoms with Crippen molar-refractivity contribution in [1.82, 2.24) is 10.2 Å². The van der Waals surface area contributed by atoms with E-state index in [0.717, 1.165) is 12.1 Å². The number of nitrogens with one attached hydrogen (secondary N) is 1. The van der Waals surface area contributed by atoms with Crippen LogP contribution in [0.4, 0.5) is 13.2 Å². The van der Waals surface area contributed by atoms with Gasteiger partial charge in [0.05, 0.1) is 11.6 Å². The molecule has 0 aliphatic rings. The summed E-state index contributed by atoms with van der Waals surface area (Å²) in [6.07, 6.45) is -4.10. The lowest BCUT2D eigenvalue weighted by atomic mass is 10.0. The fourth-order valence-electron chi connectivity index (χ4n) is 2.44.